The van der Waals surface area contributed by atoms with E-state index in [2.05, 4.69) is 51.0 Å². The number of aromatic nitrogens is 2. The van der Waals surface area contributed by atoms with Crippen LogP contribution in [0.25, 0.3) is 22.4 Å². The van der Waals surface area contributed by atoms with Crippen LogP contribution in [-0.4, -0.2) is 17.1 Å². The summed E-state index contributed by atoms with van der Waals surface area (Å²) in [5.74, 6) is 1.70. The van der Waals surface area contributed by atoms with Crippen molar-refractivity contribution in [2.24, 2.45) is 0 Å². The van der Waals surface area contributed by atoms with E-state index < -0.39 is 0 Å². The lowest BCUT2D eigenvalue weighted by Crippen LogP contribution is -1.82. The highest BCUT2D eigenvalue weighted by Crippen LogP contribution is 2.26. The largest absolute Gasteiger partial charge is 0.497 e. The minimum atomic E-state index is 0.827. The quantitative estimate of drug-likeness (QED) is 0.765. The van der Waals surface area contributed by atoms with Crippen LogP contribution >= 0.6 is 15.9 Å². The van der Waals surface area contributed by atoms with Gasteiger partial charge in [-0.25, -0.2) is 4.98 Å². The van der Waals surface area contributed by atoms with Gasteiger partial charge < -0.3 is 9.72 Å². The first-order valence-corrected chi connectivity index (χ1v) is 6.76. The molecule has 0 aliphatic carbocycles. The highest BCUT2D eigenvalue weighted by Gasteiger charge is 2.07. The number of ether oxygens (including phenoxy) is 1. The molecule has 1 heterocycles. The zero-order chi connectivity index (χ0) is 13.4. The number of methoxy groups -OCH3 is 1. The highest BCUT2D eigenvalue weighted by molar-refractivity contribution is 9.10. The van der Waals surface area contributed by atoms with Gasteiger partial charge in [0.2, 0.25) is 0 Å². The van der Waals surface area contributed by atoms with Crippen molar-refractivity contribution >= 4 is 27.0 Å². The molecule has 2 aromatic carbocycles. The third-order valence-electron chi connectivity index (χ3n) is 3.00. The molecule has 0 fully saturated rings. The van der Waals surface area contributed by atoms with E-state index in [4.69, 9.17) is 4.74 Å². The molecule has 1 aromatic heterocycles. The smallest absolute Gasteiger partial charge is 0.138 e. The number of benzene rings is 2. The van der Waals surface area contributed by atoms with Gasteiger partial charge in [-0.1, -0.05) is 15.9 Å². The van der Waals surface area contributed by atoms with Crippen LogP contribution in [0.2, 0.25) is 0 Å². The van der Waals surface area contributed by atoms with Gasteiger partial charge in [-0.15, -0.1) is 0 Å². The van der Waals surface area contributed by atoms with Crippen molar-refractivity contribution in [3.8, 4) is 17.1 Å². The van der Waals surface area contributed by atoms with Gasteiger partial charge in [-0.3, -0.25) is 0 Å². The van der Waals surface area contributed by atoms with Crippen LogP contribution < -0.4 is 4.74 Å². The normalized spacial score (nSPS) is 10.9. The van der Waals surface area contributed by atoms with Crippen LogP contribution in [0.5, 0.6) is 5.75 Å². The third-order valence-corrected chi connectivity index (χ3v) is 3.46. The Kier molecular flexibility index (Phi) is 3.03. The summed E-state index contributed by atoms with van der Waals surface area (Å²) in [5.41, 5.74) is 4.19. The second-order valence-electron chi connectivity index (χ2n) is 4.49. The summed E-state index contributed by atoms with van der Waals surface area (Å²) in [6.07, 6.45) is 0. The monoisotopic (exact) mass is 316 g/mol. The van der Waals surface area contributed by atoms with Crippen LogP contribution in [0.1, 0.15) is 5.56 Å². The van der Waals surface area contributed by atoms with Crippen molar-refractivity contribution < 1.29 is 4.74 Å². The zero-order valence-electron chi connectivity index (χ0n) is 10.7. The van der Waals surface area contributed by atoms with Crippen LogP contribution in [0.4, 0.5) is 0 Å². The Hall–Kier alpha value is -1.81. The van der Waals surface area contributed by atoms with Gasteiger partial charge >= 0.3 is 0 Å². The van der Waals surface area contributed by atoms with Crippen LogP contribution in [0.3, 0.4) is 0 Å². The summed E-state index contributed by atoms with van der Waals surface area (Å²) in [6.45, 7) is 2.07. The number of nitrogens with one attached hydrogen (secondary N) is 1. The van der Waals surface area contributed by atoms with E-state index in [9.17, 15) is 0 Å². The molecule has 0 saturated carbocycles. The van der Waals surface area contributed by atoms with Gasteiger partial charge in [-0.05, 0) is 42.8 Å². The lowest BCUT2D eigenvalue weighted by Gasteiger charge is -2.00. The summed E-state index contributed by atoms with van der Waals surface area (Å²) in [7, 11) is 1.66. The molecule has 1 N–H and O–H groups in total. The Morgan fingerprint density at radius 2 is 2.00 bits per heavy atom. The summed E-state index contributed by atoms with van der Waals surface area (Å²) in [6, 6.07) is 12.1. The molecule has 4 heteroatoms. The highest BCUT2D eigenvalue weighted by atomic mass is 79.9. The summed E-state index contributed by atoms with van der Waals surface area (Å²) < 4.78 is 6.28. The Bertz CT molecular complexity index is 729. The first-order valence-electron chi connectivity index (χ1n) is 5.97. The molecule has 3 nitrogen and oxygen atoms in total. The first kappa shape index (κ1) is 12.2. The lowest BCUT2D eigenvalue weighted by atomic mass is 10.1. The molecule has 0 unspecified atom stereocenters. The molecule has 0 aliphatic heterocycles. The molecular weight excluding hydrogens is 304 g/mol. The van der Waals surface area contributed by atoms with Gasteiger partial charge in [0.25, 0.3) is 0 Å². The number of aromatic amines is 1. The number of imidazole rings is 1. The minimum Gasteiger partial charge on any atom is -0.497 e. The van der Waals surface area contributed by atoms with Gasteiger partial charge in [0, 0.05) is 16.1 Å². The predicted octanol–water partition coefficient (Wildman–Crippen LogP) is 4.31. The Labute approximate surface area is 119 Å². The van der Waals surface area contributed by atoms with E-state index in [-0.39, 0.29) is 0 Å². The third kappa shape index (κ3) is 2.36. The molecule has 96 valence electrons. The Morgan fingerprint density at radius 3 is 2.74 bits per heavy atom. The molecule has 0 saturated heterocycles. The average molecular weight is 317 g/mol. The van der Waals surface area contributed by atoms with Crippen LogP contribution in [0, 0.1) is 6.92 Å². The number of fused-ring (bicyclic) bond motifs is 1. The second kappa shape index (κ2) is 4.70. The van der Waals surface area contributed by atoms with Gasteiger partial charge in [0.1, 0.15) is 11.6 Å². The fourth-order valence-electron chi connectivity index (χ4n) is 2.13. The summed E-state index contributed by atoms with van der Waals surface area (Å²) >= 11 is 3.52. The van der Waals surface area contributed by atoms with Crippen molar-refractivity contribution in [2.75, 3.05) is 7.11 Å². The fourth-order valence-corrected chi connectivity index (χ4v) is 2.73. The van der Waals surface area contributed by atoms with E-state index in [0.717, 1.165) is 32.6 Å². The Balaban J connectivity index is 2.14. The zero-order valence-corrected chi connectivity index (χ0v) is 12.3. The molecule has 0 aliphatic rings. The number of H-pyrrole nitrogens is 1. The van der Waals surface area contributed by atoms with Gasteiger partial charge in [0.05, 0.1) is 18.1 Å². The second-order valence-corrected chi connectivity index (χ2v) is 5.40. The van der Waals surface area contributed by atoms with E-state index in [0.29, 0.717) is 0 Å². The first-order chi connectivity index (χ1) is 9.15. The van der Waals surface area contributed by atoms with Crippen LogP contribution in [0.15, 0.2) is 40.9 Å². The SMILES string of the molecule is COc1ccc2nc(-c3cc(C)cc(Br)c3)[nH]c2c1. The molecule has 3 rings (SSSR count). The van der Waals surface area contributed by atoms with E-state index in [1.807, 2.05) is 18.2 Å². The minimum absolute atomic E-state index is 0.827. The predicted molar refractivity (Wildman–Crippen MR) is 80.5 cm³/mol. The van der Waals surface area contributed by atoms with Crippen molar-refractivity contribution in [3.05, 3.63) is 46.4 Å². The Morgan fingerprint density at radius 1 is 1.16 bits per heavy atom. The number of rotatable bonds is 2. The van der Waals surface area contributed by atoms with Crippen molar-refractivity contribution in [2.45, 2.75) is 6.92 Å². The number of halogens is 1. The van der Waals surface area contributed by atoms with Crippen molar-refractivity contribution in [1.82, 2.24) is 9.97 Å². The number of aryl methyl sites for hydroxylation is 1. The van der Waals surface area contributed by atoms with Crippen molar-refractivity contribution in [1.29, 1.82) is 0 Å². The van der Waals surface area contributed by atoms with E-state index in [1.54, 1.807) is 7.11 Å². The molecule has 0 spiro atoms. The van der Waals surface area contributed by atoms with Crippen LogP contribution in [-0.2, 0) is 0 Å². The van der Waals surface area contributed by atoms with Crippen molar-refractivity contribution in [3.63, 3.8) is 0 Å². The van der Waals surface area contributed by atoms with E-state index in [1.165, 1.54) is 5.56 Å². The molecule has 0 atom stereocenters. The summed E-state index contributed by atoms with van der Waals surface area (Å²) in [4.78, 5) is 7.94. The lowest BCUT2D eigenvalue weighted by molar-refractivity contribution is 0.415. The number of hydrogen-bond acceptors (Lipinski definition) is 2. The molecular formula is C15H13BrN2O. The fraction of sp³-hybridized carbons (Fsp3) is 0.133. The average Bonchev–Trinajstić information content (AvgIpc) is 2.80. The standard InChI is InChI=1S/C15H13BrN2O/c1-9-5-10(7-11(16)6-9)15-17-13-4-3-12(19-2)8-14(13)18-15/h3-8H,1-2H3,(H,17,18). The van der Waals surface area contributed by atoms with Gasteiger partial charge in [-0.2, -0.15) is 0 Å². The number of nitrogens with zero attached hydrogens (tertiary/aromatic N) is 1. The van der Waals surface area contributed by atoms with Gasteiger partial charge in [0.15, 0.2) is 0 Å². The number of hydrogen-bond donors (Lipinski definition) is 1. The summed E-state index contributed by atoms with van der Waals surface area (Å²) in [5, 5.41) is 0. The molecule has 19 heavy (non-hydrogen) atoms. The maximum absolute atomic E-state index is 5.22. The topological polar surface area (TPSA) is 37.9 Å². The molecule has 0 bridgehead atoms. The molecule has 3 aromatic rings. The molecule has 0 radical (unpaired) electrons. The molecule has 0 amide bonds. The maximum Gasteiger partial charge on any atom is 0.138 e. The maximum atomic E-state index is 5.22. The van der Waals surface area contributed by atoms with E-state index >= 15 is 0 Å².